The van der Waals surface area contributed by atoms with Crippen LogP contribution in [-0.2, 0) is 0 Å². The minimum Gasteiger partial charge on any atom is -0.315 e. The quantitative estimate of drug-likeness (QED) is 0.338. The summed E-state index contributed by atoms with van der Waals surface area (Å²) in [5.41, 5.74) is 0. The molecule has 0 saturated carbocycles. The topological polar surface area (TPSA) is 72.2 Å². The van der Waals surface area contributed by atoms with E-state index in [0.717, 1.165) is 52.4 Å². The highest BCUT2D eigenvalue weighted by Gasteiger charge is 1.96. The molecule has 0 atom stereocenters. The SMILES string of the molecule is C1CCCCNCCNCCNCCCCCCCCCNCCNCCNCCCC1. The zero-order valence-electron chi connectivity index (χ0n) is 21.4. The maximum Gasteiger partial charge on any atom is 0.00772 e. The van der Waals surface area contributed by atoms with Gasteiger partial charge in [-0.15, -0.1) is 0 Å². The van der Waals surface area contributed by atoms with E-state index in [4.69, 9.17) is 0 Å². The van der Waals surface area contributed by atoms with E-state index in [1.165, 1.54) is 116 Å². The first-order valence-corrected chi connectivity index (χ1v) is 14.2. The molecule has 6 N–H and O–H groups in total. The van der Waals surface area contributed by atoms with Crippen molar-refractivity contribution in [2.75, 3.05) is 78.5 Å². The molecule has 0 aromatic carbocycles. The van der Waals surface area contributed by atoms with E-state index in [2.05, 4.69) is 31.9 Å². The van der Waals surface area contributed by atoms with Gasteiger partial charge in [-0.1, -0.05) is 64.2 Å². The molecular weight excluding hydrogens is 396 g/mol. The molecule has 192 valence electrons. The summed E-state index contributed by atoms with van der Waals surface area (Å²) in [6, 6.07) is 0. The fourth-order valence-electron chi connectivity index (χ4n) is 4.22. The Kier molecular flexibility index (Phi) is 25.1. The van der Waals surface area contributed by atoms with Crippen LogP contribution in [0.1, 0.15) is 89.9 Å². The third kappa shape index (κ3) is 24.4. The van der Waals surface area contributed by atoms with E-state index in [1.807, 2.05) is 0 Å². The highest BCUT2D eigenvalue weighted by molar-refractivity contribution is 4.58. The summed E-state index contributed by atoms with van der Waals surface area (Å²) >= 11 is 0. The van der Waals surface area contributed by atoms with Gasteiger partial charge in [0.25, 0.3) is 0 Å². The minimum atomic E-state index is 1.08. The molecule has 1 aliphatic heterocycles. The predicted molar refractivity (Wildman–Crippen MR) is 142 cm³/mol. The van der Waals surface area contributed by atoms with Crippen LogP contribution in [-0.4, -0.2) is 78.5 Å². The summed E-state index contributed by atoms with van der Waals surface area (Å²) in [4.78, 5) is 0. The van der Waals surface area contributed by atoms with E-state index >= 15 is 0 Å². The Bertz CT molecular complexity index is 182. The molecule has 0 amide bonds. The molecule has 6 heteroatoms. The fourth-order valence-corrected chi connectivity index (χ4v) is 4.22. The molecule has 0 aromatic heterocycles. The maximum absolute atomic E-state index is 3.57. The summed E-state index contributed by atoms with van der Waals surface area (Å²) in [5, 5.41) is 21.4. The first-order valence-electron chi connectivity index (χ1n) is 14.2. The van der Waals surface area contributed by atoms with Gasteiger partial charge in [0.15, 0.2) is 0 Å². The largest absolute Gasteiger partial charge is 0.315 e. The van der Waals surface area contributed by atoms with Crippen LogP contribution in [0.3, 0.4) is 0 Å². The predicted octanol–water partition coefficient (Wildman–Crippen LogP) is 3.00. The van der Waals surface area contributed by atoms with E-state index in [9.17, 15) is 0 Å². The lowest BCUT2D eigenvalue weighted by Gasteiger charge is -2.09. The maximum atomic E-state index is 3.57. The van der Waals surface area contributed by atoms with Gasteiger partial charge in [-0.25, -0.2) is 0 Å². The molecule has 0 spiro atoms. The Labute approximate surface area is 200 Å². The van der Waals surface area contributed by atoms with Gasteiger partial charge in [-0.2, -0.15) is 0 Å². The van der Waals surface area contributed by atoms with Gasteiger partial charge in [-0.05, 0) is 51.9 Å². The summed E-state index contributed by atoms with van der Waals surface area (Å²) in [5.74, 6) is 0. The van der Waals surface area contributed by atoms with Crippen LogP contribution in [0, 0.1) is 0 Å². The van der Waals surface area contributed by atoms with Crippen LogP contribution in [0.4, 0.5) is 0 Å². The van der Waals surface area contributed by atoms with Crippen molar-refractivity contribution in [2.45, 2.75) is 89.9 Å². The zero-order chi connectivity index (χ0) is 22.6. The first-order chi connectivity index (χ1) is 16.0. The van der Waals surface area contributed by atoms with Crippen molar-refractivity contribution >= 4 is 0 Å². The van der Waals surface area contributed by atoms with Crippen molar-refractivity contribution in [1.82, 2.24) is 31.9 Å². The summed E-state index contributed by atoms with van der Waals surface area (Å²) in [6.45, 7) is 13.4. The number of hydrogen-bond donors (Lipinski definition) is 6. The second-order valence-electron chi connectivity index (χ2n) is 9.45. The van der Waals surface area contributed by atoms with Crippen molar-refractivity contribution in [1.29, 1.82) is 0 Å². The molecular formula is C26H58N6. The lowest BCUT2D eigenvalue weighted by molar-refractivity contribution is 0.521. The molecule has 0 unspecified atom stereocenters. The van der Waals surface area contributed by atoms with Crippen molar-refractivity contribution in [3.8, 4) is 0 Å². The first kappa shape index (κ1) is 29.8. The van der Waals surface area contributed by atoms with Gasteiger partial charge >= 0.3 is 0 Å². The lowest BCUT2D eigenvalue weighted by Crippen LogP contribution is -2.33. The highest BCUT2D eigenvalue weighted by atomic mass is 15.0. The third-order valence-corrected chi connectivity index (χ3v) is 6.33. The van der Waals surface area contributed by atoms with Crippen molar-refractivity contribution < 1.29 is 0 Å². The van der Waals surface area contributed by atoms with Crippen molar-refractivity contribution in [3.63, 3.8) is 0 Å². The second-order valence-corrected chi connectivity index (χ2v) is 9.45. The average molecular weight is 455 g/mol. The molecule has 1 heterocycles. The number of rotatable bonds is 0. The van der Waals surface area contributed by atoms with Gasteiger partial charge < -0.3 is 31.9 Å². The molecule has 32 heavy (non-hydrogen) atoms. The van der Waals surface area contributed by atoms with Crippen LogP contribution in [0.15, 0.2) is 0 Å². The molecule has 0 bridgehead atoms. The Morgan fingerprint density at radius 3 is 0.531 bits per heavy atom. The lowest BCUT2D eigenvalue weighted by atomic mass is 10.1. The van der Waals surface area contributed by atoms with Crippen LogP contribution in [0.2, 0.25) is 0 Å². The zero-order valence-corrected chi connectivity index (χ0v) is 21.4. The van der Waals surface area contributed by atoms with Crippen LogP contribution in [0.25, 0.3) is 0 Å². The van der Waals surface area contributed by atoms with E-state index in [0.29, 0.717) is 0 Å². The number of nitrogens with one attached hydrogen (secondary N) is 6. The molecule has 0 radical (unpaired) electrons. The number of hydrogen-bond acceptors (Lipinski definition) is 6. The van der Waals surface area contributed by atoms with Gasteiger partial charge in [0.2, 0.25) is 0 Å². The van der Waals surface area contributed by atoms with Gasteiger partial charge in [0, 0.05) is 52.4 Å². The monoisotopic (exact) mass is 454 g/mol. The Morgan fingerprint density at radius 1 is 0.156 bits per heavy atom. The Hall–Kier alpha value is -0.240. The van der Waals surface area contributed by atoms with Gasteiger partial charge in [-0.3, -0.25) is 0 Å². The van der Waals surface area contributed by atoms with Crippen LogP contribution < -0.4 is 31.9 Å². The normalized spacial score (nSPS) is 24.0. The van der Waals surface area contributed by atoms with E-state index in [-0.39, 0.29) is 0 Å². The van der Waals surface area contributed by atoms with Crippen molar-refractivity contribution in [3.05, 3.63) is 0 Å². The molecule has 1 aliphatic rings. The van der Waals surface area contributed by atoms with Gasteiger partial charge in [0.1, 0.15) is 0 Å². The molecule has 0 aliphatic carbocycles. The molecule has 1 saturated heterocycles. The summed E-state index contributed by atoms with van der Waals surface area (Å²) in [6.07, 6.45) is 19.2. The average Bonchev–Trinajstić information content (AvgIpc) is 2.80. The van der Waals surface area contributed by atoms with E-state index in [1.54, 1.807) is 0 Å². The fraction of sp³-hybridized carbons (Fsp3) is 1.00. The minimum absolute atomic E-state index is 1.08. The second kappa shape index (κ2) is 27.0. The molecule has 1 rings (SSSR count). The third-order valence-electron chi connectivity index (χ3n) is 6.33. The van der Waals surface area contributed by atoms with Gasteiger partial charge in [0.05, 0.1) is 0 Å². The Morgan fingerprint density at radius 2 is 0.312 bits per heavy atom. The summed E-state index contributed by atoms with van der Waals surface area (Å²) < 4.78 is 0. The molecule has 1 fully saturated rings. The van der Waals surface area contributed by atoms with Crippen LogP contribution >= 0.6 is 0 Å². The van der Waals surface area contributed by atoms with Crippen LogP contribution in [0.5, 0.6) is 0 Å². The molecule has 6 nitrogen and oxygen atoms in total. The smallest absolute Gasteiger partial charge is 0.00772 e. The summed E-state index contributed by atoms with van der Waals surface area (Å²) in [7, 11) is 0. The highest BCUT2D eigenvalue weighted by Crippen LogP contribution is 2.07. The standard InChI is InChI=1S/C26H58N6/c1-3-7-11-15-27-19-23-31-25-21-29-17-13-9-5-2-6-10-14-18-30-22-26-32-24-20-28-16-12-8-4-1/h27-32H,1-26H2. The van der Waals surface area contributed by atoms with E-state index < -0.39 is 0 Å². The Balaban J connectivity index is 2.00. The molecule has 0 aromatic rings. The van der Waals surface area contributed by atoms with Crippen molar-refractivity contribution in [2.24, 2.45) is 0 Å².